The van der Waals surface area contributed by atoms with Gasteiger partial charge in [0, 0.05) is 87.3 Å². The molecular weight excluding hydrogens is 1010 g/mol. The molecule has 0 aliphatic carbocycles. The number of halogens is 8. The van der Waals surface area contributed by atoms with E-state index in [0.29, 0.717) is 33.2 Å². The number of carbonyl (C=O) groups excluding carboxylic acids is 1. The van der Waals surface area contributed by atoms with E-state index in [4.69, 9.17) is 9.47 Å². The van der Waals surface area contributed by atoms with Gasteiger partial charge in [0.05, 0.1) is 41.3 Å². The minimum absolute atomic E-state index is 0.0121. The van der Waals surface area contributed by atoms with E-state index in [0.717, 1.165) is 24.5 Å². The molecule has 5 heterocycles. The Bertz CT molecular complexity index is 3670. The Labute approximate surface area is 427 Å². The van der Waals surface area contributed by atoms with Crippen LogP contribution in [0.4, 0.5) is 35.1 Å². The highest BCUT2D eigenvalue weighted by atomic mass is 19.4. The van der Waals surface area contributed by atoms with E-state index in [-0.39, 0.29) is 36.2 Å². The molecule has 4 aromatic carbocycles. The van der Waals surface area contributed by atoms with Crippen molar-refractivity contribution in [1.82, 2.24) is 38.2 Å². The maximum Gasteiger partial charge on any atom is 0.425 e. The number of aromatic nitrogens is 7. The number of fused-ring (bicyclic) bond motifs is 3. The van der Waals surface area contributed by atoms with Crippen molar-refractivity contribution >= 4 is 38.6 Å². The average Bonchev–Trinajstić information content (AvgIpc) is 4.22. The summed E-state index contributed by atoms with van der Waals surface area (Å²) in [6, 6.07) is 20.9. The van der Waals surface area contributed by atoms with E-state index in [1.165, 1.54) is 172 Å². The largest absolute Gasteiger partial charge is 0.425 e. The first-order valence-corrected chi connectivity index (χ1v) is 23.0. The molecule has 2 N–H and O–H groups in total. The molecule has 9 aromatic rings. The van der Waals surface area contributed by atoms with E-state index in [1.807, 2.05) is 0 Å². The summed E-state index contributed by atoms with van der Waals surface area (Å²) in [6.07, 6.45) is -1.82. The van der Waals surface area contributed by atoms with Crippen LogP contribution in [0.15, 0.2) is 158 Å². The third kappa shape index (κ3) is 9.70. The molecule has 2 atom stereocenters. The number of hydrogen-bond acceptors (Lipinski definition) is 8. The second kappa shape index (κ2) is 20.9. The van der Waals surface area contributed by atoms with Crippen molar-refractivity contribution in [2.45, 2.75) is 42.9 Å². The maximum absolute atomic E-state index is 14.7. The lowest BCUT2D eigenvalue weighted by atomic mass is 9.85. The standard InChI is InChI=1S/C28H28F4N4O4.C26H20F4N4O2/c1-5-12-35-16-20(14-24(35)26(37)34(2)17-25(39-3)40-4)27(38,28(30,31)32)19-6-11-23-18(13-19)15-33-36(23)22-9-7-21(29)8-10-22;1-3-11-33-15-21(20-10-12-32(2)24(35)23(20)33)25(36,26(28,29)30)17-4-9-22-16(13-17)14-31-34(22)19-7-5-18(27)6-8-19/h5-11,13-16,25,38H,1,12,17H2,2-4H3;3-10,12-15,36H,1,11H2,2H3. The molecule has 0 bridgehead atoms. The predicted molar refractivity (Wildman–Crippen MR) is 267 cm³/mol. The fraction of sp³-hybridized carbons (Fsp3) is 0.222. The number of methoxy groups -OCH3 is 2. The monoisotopic (exact) mass is 1060 g/mol. The number of benzene rings is 4. The predicted octanol–water partition coefficient (Wildman–Crippen LogP) is 9.44. The van der Waals surface area contributed by atoms with E-state index >= 15 is 0 Å². The lowest BCUT2D eigenvalue weighted by Gasteiger charge is -2.31. The van der Waals surface area contributed by atoms with Crippen LogP contribution in [0.25, 0.3) is 44.1 Å². The Balaban J connectivity index is 0.000000202. The third-order valence-electron chi connectivity index (χ3n) is 12.9. The van der Waals surface area contributed by atoms with Gasteiger partial charge in [-0.05, 0) is 96.1 Å². The zero-order chi connectivity index (χ0) is 55.1. The normalized spacial score (nSPS) is 13.7. The molecule has 0 spiro atoms. The molecule has 22 heteroatoms. The zero-order valence-electron chi connectivity index (χ0n) is 41.0. The minimum atomic E-state index is -5.16. The smallest absolute Gasteiger partial charge is 0.372 e. The van der Waals surface area contributed by atoms with E-state index < -0.39 is 75.2 Å². The summed E-state index contributed by atoms with van der Waals surface area (Å²) < 4.78 is 132. The van der Waals surface area contributed by atoms with Crippen molar-refractivity contribution < 1.29 is 59.6 Å². The van der Waals surface area contributed by atoms with E-state index in [2.05, 4.69) is 23.4 Å². The van der Waals surface area contributed by atoms with Crippen molar-refractivity contribution in [3.8, 4) is 11.4 Å². The Kier molecular flexibility index (Phi) is 14.8. The summed E-state index contributed by atoms with van der Waals surface area (Å²) in [6.45, 7) is 7.34. The number of allylic oxidation sites excluding steroid dienone is 2. The summed E-state index contributed by atoms with van der Waals surface area (Å²) in [4.78, 5) is 27.3. The Hall–Kier alpha value is -8.18. The summed E-state index contributed by atoms with van der Waals surface area (Å²) in [5, 5.41) is 31.8. The molecule has 9 rings (SSSR count). The van der Waals surface area contributed by atoms with Gasteiger partial charge in [0.25, 0.3) is 11.5 Å². The van der Waals surface area contributed by atoms with Crippen LogP contribution in [0, 0.1) is 11.6 Å². The van der Waals surface area contributed by atoms with Gasteiger partial charge in [-0.3, -0.25) is 9.59 Å². The minimum Gasteiger partial charge on any atom is -0.372 e. The van der Waals surface area contributed by atoms with E-state index in [1.54, 1.807) is 0 Å². The molecule has 0 aliphatic rings. The number of likely N-dealkylation sites (N-methyl/N-ethyl adjacent to an activating group) is 1. The van der Waals surface area contributed by atoms with Gasteiger partial charge in [0.1, 0.15) is 22.8 Å². The molecule has 0 radical (unpaired) electrons. The molecule has 2 unspecified atom stereocenters. The van der Waals surface area contributed by atoms with Gasteiger partial charge in [-0.15, -0.1) is 13.2 Å². The maximum atomic E-state index is 14.7. The number of amides is 1. The zero-order valence-corrected chi connectivity index (χ0v) is 41.0. The van der Waals surface area contributed by atoms with Gasteiger partial charge in [-0.25, -0.2) is 18.1 Å². The fourth-order valence-electron chi connectivity index (χ4n) is 8.95. The molecule has 1 amide bonds. The lowest BCUT2D eigenvalue weighted by molar-refractivity contribution is -0.248. The van der Waals surface area contributed by atoms with Crippen LogP contribution in [-0.4, -0.2) is 101 Å². The first kappa shape index (κ1) is 54.1. The summed E-state index contributed by atoms with van der Waals surface area (Å²) in [7, 11) is 5.75. The molecular formula is C54H48F8N8O6. The van der Waals surface area contributed by atoms with Crippen LogP contribution < -0.4 is 5.56 Å². The Morgan fingerprint density at radius 3 is 1.66 bits per heavy atom. The van der Waals surface area contributed by atoms with Crippen molar-refractivity contribution in [2.24, 2.45) is 7.05 Å². The third-order valence-corrected chi connectivity index (χ3v) is 12.9. The van der Waals surface area contributed by atoms with Gasteiger partial charge in [-0.1, -0.05) is 24.3 Å². The van der Waals surface area contributed by atoms with Crippen LogP contribution in [0.5, 0.6) is 0 Å². The summed E-state index contributed by atoms with van der Waals surface area (Å²) in [5.41, 5.74) is -7.38. The van der Waals surface area contributed by atoms with Gasteiger partial charge in [-0.2, -0.15) is 36.5 Å². The quantitative estimate of drug-likeness (QED) is 0.0587. The van der Waals surface area contributed by atoms with E-state index in [9.17, 15) is 54.9 Å². The second-order valence-corrected chi connectivity index (χ2v) is 17.6. The molecule has 76 heavy (non-hydrogen) atoms. The highest BCUT2D eigenvalue weighted by molar-refractivity contribution is 5.93. The Morgan fingerprint density at radius 2 is 1.18 bits per heavy atom. The van der Waals surface area contributed by atoms with Crippen molar-refractivity contribution in [3.05, 3.63) is 203 Å². The molecule has 0 saturated heterocycles. The molecule has 0 aliphatic heterocycles. The topological polar surface area (TPSA) is 147 Å². The van der Waals surface area contributed by atoms with Crippen molar-refractivity contribution in [1.29, 1.82) is 0 Å². The second-order valence-electron chi connectivity index (χ2n) is 17.6. The number of carbonyl (C=O) groups is 1. The van der Waals surface area contributed by atoms with Crippen LogP contribution >= 0.6 is 0 Å². The molecule has 0 fully saturated rings. The SMILES string of the molecule is C=CCn1cc(C(O)(c2ccc3c(cnn3-c3ccc(F)cc3)c2)C(F)(F)F)c2ccn(C)c(=O)c21.C=CCn1cc(C(O)(c2ccc3c(cnn3-c3ccc(F)cc3)c2)C(F)(F)F)cc1C(=O)N(C)CC(OC)OC. The number of rotatable bonds is 15. The number of aliphatic hydroxyl groups is 2. The molecule has 396 valence electrons. The molecule has 5 aromatic heterocycles. The van der Waals surface area contributed by atoms with Crippen LogP contribution in [-0.2, 0) is 40.8 Å². The van der Waals surface area contributed by atoms with Crippen LogP contribution in [0.2, 0.25) is 0 Å². The van der Waals surface area contributed by atoms with Crippen LogP contribution in [0.1, 0.15) is 32.7 Å². The Morgan fingerprint density at radius 1 is 0.697 bits per heavy atom. The fourth-order valence-corrected chi connectivity index (χ4v) is 8.95. The first-order chi connectivity index (χ1) is 36.0. The number of alkyl halides is 6. The average molecular weight is 1060 g/mol. The number of pyridine rings is 1. The number of nitrogens with zero attached hydrogens (tertiary/aromatic N) is 8. The van der Waals surface area contributed by atoms with Gasteiger partial charge >= 0.3 is 12.4 Å². The number of hydrogen-bond donors (Lipinski definition) is 2. The van der Waals surface area contributed by atoms with Crippen molar-refractivity contribution in [3.63, 3.8) is 0 Å². The summed E-state index contributed by atoms with van der Waals surface area (Å²) >= 11 is 0. The highest BCUT2D eigenvalue weighted by Crippen LogP contribution is 2.48. The first-order valence-electron chi connectivity index (χ1n) is 23.0. The highest BCUT2D eigenvalue weighted by Gasteiger charge is 2.58. The van der Waals surface area contributed by atoms with Gasteiger partial charge < -0.3 is 38.3 Å². The molecule has 14 nitrogen and oxygen atoms in total. The lowest BCUT2D eigenvalue weighted by Crippen LogP contribution is -2.43. The number of aryl methyl sites for hydroxylation is 1. The van der Waals surface area contributed by atoms with Crippen LogP contribution in [0.3, 0.4) is 0 Å². The summed E-state index contributed by atoms with van der Waals surface area (Å²) in [5.74, 6) is -1.48. The number of ether oxygens (including phenoxy) is 2. The van der Waals surface area contributed by atoms with Gasteiger partial charge in [0.15, 0.2) is 6.29 Å². The molecule has 0 saturated carbocycles. The van der Waals surface area contributed by atoms with Gasteiger partial charge in [0.2, 0.25) is 11.2 Å². The van der Waals surface area contributed by atoms with Crippen molar-refractivity contribution in [2.75, 3.05) is 27.8 Å².